The summed E-state index contributed by atoms with van der Waals surface area (Å²) in [6, 6.07) is 21.0. The van der Waals surface area contributed by atoms with Crippen molar-refractivity contribution in [2.45, 2.75) is 26.0 Å². The number of aryl methyl sites for hydroxylation is 1. The SMILES string of the molecule is Cc1cccc(C(Oc2cncc(-c3ccccc3)c2)N2CCCC2)c1. The van der Waals surface area contributed by atoms with Crippen molar-refractivity contribution < 1.29 is 4.74 Å². The fourth-order valence-corrected chi connectivity index (χ4v) is 3.55. The molecule has 0 N–H and O–H groups in total. The summed E-state index contributed by atoms with van der Waals surface area (Å²) < 4.78 is 6.47. The van der Waals surface area contributed by atoms with E-state index in [2.05, 4.69) is 59.3 Å². The second-order valence-corrected chi connectivity index (χ2v) is 6.90. The molecule has 4 rings (SSSR count). The Kier molecular flexibility index (Phi) is 4.98. The van der Waals surface area contributed by atoms with Gasteiger partial charge in [0.15, 0.2) is 6.23 Å². The maximum Gasteiger partial charge on any atom is 0.179 e. The van der Waals surface area contributed by atoms with Crippen molar-refractivity contribution in [2.75, 3.05) is 13.1 Å². The normalized spacial score (nSPS) is 15.7. The zero-order valence-electron chi connectivity index (χ0n) is 15.1. The van der Waals surface area contributed by atoms with Crippen molar-refractivity contribution in [3.05, 3.63) is 84.2 Å². The van der Waals surface area contributed by atoms with E-state index in [-0.39, 0.29) is 6.23 Å². The van der Waals surface area contributed by atoms with Crippen LogP contribution >= 0.6 is 0 Å². The molecule has 1 unspecified atom stereocenters. The molecule has 2 aromatic carbocycles. The van der Waals surface area contributed by atoms with E-state index in [1.54, 1.807) is 0 Å². The lowest BCUT2D eigenvalue weighted by Crippen LogP contribution is -2.30. The summed E-state index contributed by atoms with van der Waals surface area (Å²) in [6.45, 7) is 4.27. The van der Waals surface area contributed by atoms with Gasteiger partial charge in [-0.05, 0) is 31.4 Å². The summed E-state index contributed by atoms with van der Waals surface area (Å²) in [5.41, 5.74) is 4.69. The molecule has 1 aliphatic rings. The minimum absolute atomic E-state index is 0.0646. The average Bonchev–Trinajstić information content (AvgIpc) is 3.21. The van der Waals surface area contributed by atoms with Crippen molar-refractivity contribution in [3.63, 3.8) is 0 Å². The molecule has 0 aliphatic carbocycles. The molecule has 3 aromatic rings. The van der Waals surface area contributed by atoms with Crippen molar-refractivity contribution >= 4 is 0 Å². The Morgan fingerprint density at radius 1 is 0.885 bits per heavy atom. The highest BCUT2D eigenvalue weighted by molar-refractivity contribution is 5.63. The van der Waals surface area contributed by atoms with Gasteiger partial charge in [0, 0.05) is 30.4 Å². The summed E-state index contributed by atoms with van der Waals surface area (Å²) in [4.78, 5) is 6.83. The van der Waals surface area contributed by atoms with E-state index in [9.17, 15) is 0 Å². The number of ether oxygens (including phenoxy) is 1. The first-order valence-electron chi connectivity index (χ1n) is 9.27. The summed E-state index contributed by atoms with van der Waals surface area (Å²) in [7, 11) is 0. The van der Waals surface area contributed by atoms with E-state index in [4.69, 9.17) is 4.74 Å². The van der Waals surface area contributed by atoms with Gasteiger partial charge >= 0.3 is 0 Å². The third-order valence-electron chi connectivity index (χ3n) is 4.87. The summed E-state index contributed by atoms with van der Waals surface area (Å²) >= 11 is 0. The maximum absolute atomic E-state index is 6.47. The summed E-state index contributed by atoms with van der Waals surface area (Å²) in [5, 5.41) is 0. The molecular formula is C23H24N2O. The van der Waals surface area contributed by atoms with Crippen molar-refractivity contribution in [1.82, 2.24) is 9.88 Å². The van der Waals surface area contributed by atoms with E-state index in [0.717, 1.165) is 30.0 Å². The Morgan fingerprint density at radius 3 is 2.46 bits per heavy atom. The summed E-state index contributed by atoms with van der Waals surface area (Å²) in [5.74, 6) is 0.810. The lowest BCUT2D eigenvalue weighted by atomic mass is 10.1. The fraction of sp³-hybridized carbons (Fsp3) is 0.261. The lowest BCUT2D eigenvalue weighted by molar-refractivity contribution is 0.0417. The monoisotopic (exact) mass is 344 g/mol. The predicted octanol–water partition coefficient (Wildman–Crippen LogP) is 5.23. The second kappa shape index (κ2) is 7.71. The van der Waals surface area contributed by atoms with Crippen molar-refractivity contribution in [1.29, 1.82) is 0 Å². The van der Waals surface area contributed by atoms with Gasteiger partial charge in [0.05, 0.1) is 6.20 Å². The molecule has 1 aliphatic heterocycles. The molecule has 2 heterocycles. The molecule has 26 heavy (non-hydrogen) atoms. The number of hydrogen-bond donors (Lipinski definition) is 0. The third kappa shape index (κ3) is 3.78. The first-order valence-corrected chi connectivity index (χ1v) is 9.27. The number of likely N-dealkylation sites (tertiary alicyclic amines) is 1. The van der Waals surface area contributed by atoms with Gasteiger partial charge in [-0.25, -0.2) is 0 Å². The van der Waals surface area contributed by atoms with E-state index in [0.29, 0.717) is 0 Å². The van der Waals surface area contributed by atoms with Crippen LogP contribution in [0.15, 0.2) is 73.1 Å². The summed E-state index contributed by atoms with van der Waals surface area (Å²) in [6.07, 6.45) is 6.10. The molecule has 3 heteroatoms. The number of pyridine rings is 1. The van der Waals surface area contributed by atoms with Crippen LogP contribution in [-0.2, 0) is 0 Å². The minimum atomic E-state index is -0.0646. The van der Waals surface area contributed by atoms with E-state index < -0.39 is 0 Å². The Balaban J connectivity index is 1.63. The molecule has 0 radical (unpaired) electrons. The highest BCUT2D eigenvalue weighted by Crippen LogP contribution is 2.30. The standard InChI is InChI=1S/C23H24N2O/c1-18-8-7-11-20(14-18)23(25-12-5-6-13-25)26-22-15-21(16-24-17-22)19-9-3-2-4-10-19/h2-4,7-11,14-17,23H,5-6,12-13H2,1H3. The van der Waals surface area contributed by atoms with Crippen LogP contribution in [0.4, 0.5) is 0 Å². The first kappa shape index (κ1) is 16.8. The molecule has 0 saturated carbocycles. The predicted molar refractivity (Wildman–Crippen MR) is 105 cm³/mol. The number of nitrogens with zero attached hydrogens (tertiary/aromatic N) is 2. The van der Waals surface area contributed by atoms with Gasteiger partial charge in [-0.3, -0.25) is 9.88 Å². The number of rotatable bonds is 5. The van der Waals surface area contributed by atoms with Gasteiger partial charge in [-0.15, -0.1) is 0 Å². The number of aromatic nitrogens is 1. The molecule has 0 amide bonds. The van der Waals surface area contributed by atoms with Crippen LogP contribution in [0, 0.1) is 6.92 Å². The fourth-order valence-electron chi connectivity index (χ4n) is 3.55. The Labute approximate surface area is 155 Å². The van der Waals surface area contributed by atoms with Gasteiger partial charge in [0.1, 0.15) is 5.75 Å². The van der Waals surface area contributed by atoms with Crippen molar-refractivity contribution in [2.24, 2.45) is 0 Å². The highest BCUT2D eigenvalue weighted by Gasteiger charge is 2.25. The molecule has 1 aromatic heterocycles. The maximum atomic E-state index is 6.47. The second-order valence-electron chi connectivity index (χ2n) is 6.90. The Bertz CT molecular complexity index is 857. The Morgan fingerprint density at radius 2 is 1.69 bits per heavy atom. The van der Waals surface area contributed by atoms with Gasteiger partial charge in [0.2, 0.25) is 0 Å². The highest BCUT2D eigenvalue weighted by atomic mass is 16.5. The van der Waals surface area contributed by atoms with Gasteiger partial charge in [0.25, 0.3) is 0 Å². The first-order chi connectivity index (χ1) is 12.8. The van der Waals surface area contributed by atoms with Gasteiger partial charge < -0.3 is 4.74 Å². The van der Waals surface area contributed by atoms with Crippen LogP contribution in [0.1, 0.15) is 30.2 Å². The number of hydrogen-bond acceptors (Lipinski definition) is 3. The lowest BCUT2D eigenvalue weighted by Gasteiger charge is -2.28. The van der Waals surface area contributed by atoms with Gasteiger partial charge in [-0.1, -0.05) is 60.2 Å². The molecule has 0 bridgehead atoms. The van der Waals surface area contributed by atoms with E-state index in [1.165, 1.54) is 24.0 Å². The molecular weight excluding hydrogens is 320 g/mol. The minimum Gasteiger partial charge on any atom is -0.469 e. The zero-order chi connectivity index (χ0) is 17.8. The topological polar surface area (TPSA) is 25.4 Å². The molecule has 1 fully saturated rings. The van der Waals surface area contributed by atoms with E-state index >= 15 is 0 Å². The van der Waals surface area contributed by atoms with Crippen molar-refractivity contribution in [3.8, 4) is 16.9 Å². The largest absolute Gasteiger partial charge is 0.469 e. The van der Waals surface area contributed by atoms with Crippen LogP contribution in [0.5, 0.6) is 5.75 Å². The third-order valence-corrected chi connectivity index (χ3v) is 4.87. The molecule has 0 spiro atoms. The van der Waals surface area contributed by atoms with Crippen LogP contribution < -0.4 is 4.74 Å². The molecule has 1 atom stereocenters. The van der Waals surface area contributed by atoms with Crippen LogP contribution in [-0.4, -0.2) is 23.0 Å². The number of benzene rings is 2. The van der Waals surface area contributed by atoms with E-state index in [1.807, 2.05) is 30.6 Å². The Hall–Kier alpha value is -2.65. The molecule has 3 nitrogen and oxygen atoms in total. The quantitative estimate of drug-likeness (QED) is 0.634. The smallest absolute Gasteiger partial charge is 0.179 e. The molecule has 132 valence electrons. The van der Waals surface area contributed by atoms with Crippen LogP contribution in [0.2, 0.25) is 0 Å². The average molecular weight is 344 g/mol. The van der Waals surface area contributed by atoms with Gasteiger partial charge in [-0.2, -0.15) is 0 Å². The zero-order valence-corrected chi connectivity index (χ0v) is 15.1. The van der Waals surface area contributed by atoms with Crippen LogP contribution in [0.25, 0.3) is 11.1 Å². The molecule has 1 saturated heterocycles. The van der Waals surface area contributed by atoms with Crippen LogP contribution in [0.3, 0.4) is 0 Å².